The van der Waals surface area contributed by atoms with Gasteiger partial charge in [0.25, 0.3) is 5.91 Å². The smallest absolute Gasteiger partial charge is 0.257 e. The van der Waals surface area contributed by atoms with Gasteiger partial charge in [-0.25, -0.2) is 0 Å². The number of halogens is 1. The zero-order chi connectivity index (χ0) is 14.7. The molecule has 0 N–H and O–H groups in total. The van der Waals surface area contributed by atoms with E-state index in [9.17, 15) is 4.79 Å². The third-order valence-electron chi connectivity index (χ3n) is 3.72. The number of likely N-dealkylation sites (tertiary alicyclic amines) is 1. The van der Waals surface area contributed by atoms with Crippen molar-refractivity contribution in [2.75, 3.05) is 27.3 Å². The van der Waals surface area contributed by atoms with E-state index in [0.717, 1.165) is 19.5 Å². The number of piperidine rings is 1. The number of ether oxygens (including phenoxy) is 2. The average molecular weight is 342 g/mol. The highest BCUT2D eigenvalue weighted by Gasteiger charge is 2.29. The number of nitrogens with zero attached hydrogens (tertiary/aromatic N) is 1. The molecule has 0 saturated carbocycles. The zero-order valence-corrected chi connectivity index (χ0v) is 13.6. The lowest BCUT2D eigenvalue weighted by atomic mass is 9.99. The molecule has 1 aliphatic heterocycles. The van der Waals surface area contributed by atoms with E-state index in [2.05, 4.69) is 22.9 Å². The van der Waals surface area contributed by atoms with E-state index >= 15 is 0 Å². The van der Waals surface area contributed by atoms with Gasteiger partial charge in [0, 0.05) is 17.9 Å². The van der Waals surface area contributed by atoms with Gasteiger partial charge < -0.3 is 14.4 Å². The van der Waals surface area contributed by atoms with Crippen LogP contribution in [0, 0.1) is 5.92 Å². The van der Waals surface area contributed by atoms with Crippen LogP contribution in [0.15, 0.2) is 18.2 Å². The van der Waals surface area contributed by atoms with Crippen molar-refractivity contribution in [3.05, 3.63) is 23.8 Å². The summed E-state index contributed by atoms with van der Waals surface area (Å²) in [6.45, 7) is 3.68. The number of para-hydroxylation sites is 1. The Morgan fingerprint density at radius 3 is 2.70 bits per heavy atom. The van der Waals surface area contributed by atoms with Crippen LogP contribution in [-0.2, 0) is 0 Å². The summed E-state index contributed by atoms with van der Waals surface area (Å²) in [6, 6.07) is 5.40. The topological polar surface area (TPSA) is 38.8 Å². The minimum atomic E-state index is 0.00648. The van der Waals surface area contributed by atoms with Gasteiger partial charge in [-0.3, -0.25) is 4.79 Å². The molecule has 0 spiro atoms. The summed E-state index contributed by atoms with van der Waals surface area (Å²) in [4.78, 5) is 15.0. The predicted octanol–water partition coefficient (Wildman–Crippen LogP) is 2.95. The van der Waals surface area contributed by atoms with Crippen LogP contribution in [0.1, 0.15) is 23.7 Å². The molecular weight excluding hydrogens is 322 g/mol. The molecule has 0 aliphatic carbocycles. The average Bonchev–Trinajstić information content (AvgIpc) is 2.48. The van der Waals surface area contributed by atoms with Crippen molar-refractivity contribution in [1.29, 1.82) is 0 Å². The van der Waals surface area contributed by atoms with E-state index in [1.54, 1.807) is 26.4 Å². The second-order valence-corrected chi connectivity index (χ2v) is 6.25. The SMILES string of the molecule is COc1cccc(C(=O)N2CCC(Br)C(C)C2)c1OC. The summed E-state index contributed by atoms with van der Waals surface area (Å²) in [5.74, 6) is 1.55. The molecule has 0 bridgehead atoms. The summed E-state index contributed by atoms with van der Waals surface area (Å²) in [6.07, 6.45) is 0.971. The molecule has 1 amide bonds. The number of benzene rings is 1. The fourth-order valence-electron chi connectivity index (χ4n) is 2.53. The molecule has 110 valence electrons. The Morgan fingerprint density at radius 1 is 1.35 bits per heavy atom. The van der Waals surface area contributed by atoms with Crippen LogP contribution in [0.3, 0.4) is 0 Å². The first kappa shape index (κ1) is 15.2. The molecule has 1 aromatic carbocycles. The predicted molar refractivity (Wildman–Crippen MR) is 81.9 cm³/mol. The van der Waals surface area contributed by atoms with Crippen molar-refractivity contribution in [3.8, 4) is 11.5 Å². The summed E-state index contributed by atoms with van der Waals surface area (Å²) < 4.78 is 10.6. The first-order chi connectivity index (χ1) is 9.58. The highest BCUT2D eigenvalue weighted by Crippen LogP contribution is 2.33. The van der Waals surface area contributed by atoms with Gasteiger partial charge in [0.1, 0.15) is 0 Å². The lowest BCUT2D eigenvalue weighted by Gasteiger charge is -2.34. The van der Waals surface area contributed by atoms with Gasteiger partial charge >= 0.3 is 0 Å². The number of hydrogen-bond donors (Lipinski definition) is 0. The van der Waals surface area contributed by atoms with Crippen LogP contribution in [0.4, 0.5) is 0 Å². The third-order valence-corrected chi connectivity index (χ3v) is 5.08. The van der Waals surface area contributed by atoms with Crippen molar-refractivity contribution in [1.82, 2.24) is 4.90 Å². The summed E-state index contributed by atoms with van der Waals surface area (Å²) in [7, 11) is 3.13. The van der Waals surface area contributed by atoms with E-state index in [-0.39, 0.29) is 5.91 Å². The second kappa shape index (κ2) is 6.48. The van der Waals surface area contributed by atoms with Crippen LogP contribution in [-0.4, -0.2) is 42.9 Å². The number of methoxy groups -OCH3 is 2. The number of carbonyl (C=O) groups excluding carboxylic acids is 1. The van der Waals surface area contributed by atoms with Crippen molar-refractivity contribution >= 4 is 21.8 Å². The minimum absolute atomic E-state index is 0.00648. The van der Waals surface area contributed by atoms with Crippen molar-refractivity contribution in [2.24, 2.45) is 5.92 Å². The molecule has 0 aromatic heterocycles. The van der Waals surface area contributed by atoms with Gasteiger partial charge in [0.15, 0.2) is 11.5 Å². The number of hydrogen-bond acceptors (Lipinski definition) is 3. The Labute approximate surface area is 128 Å². The van der Waals surface area contributed by atoms with Crippen molar-refractivity contribution < 1.29 is 14.3 Å². The maximum absolute atomic E-state index is 12.7. The van der Waals surface area contributed by atoms with Crippen LogP contribution in [0.5, 0.6) is 11.5 Å². The number of rotatable bonds is 3. The molecule has 2 atom stereocenters. The normalized spacial score (nSPS) is 22.5. The molecule has 1 heterocycles. The molecule has 5 heteroatoms. The Bertz CT molecular complexity index is 492. The minimum Gasteiger partial charge on any atom is -0.493 e. The Hall–Kier alpha value is -1.23. The molecule has 0 radical (unpaired) electrons. The first-order valence-electron chi connectivity index (χ1n) is 6.72. The third kappa shape index (κ3) is 2.92. The van der Waals surface area contributed by atoms with Gasteiger partial charge in [-0.05, 0) is 24.5 Å². The van der Waals surface area contributed by atoms with Gasteiger partial charge in [-0.15, -0.1) is 0 Å². The number of amides is 1. The Kier molecular flexibility index (Phi) is 4.91. The lowest BCUT2D eigenvalue weighted by molar-refractivity contribution is 0.0686. The van der Waals surface area contributed by atoms with Gasteiger partial charge in [-0.2, -0.15) is 0 Å². The van der Waals surface area contributed by atoms with Gasteiger partial charge in [-0.1, -0.05) is 28.9 Å². The van der Waals surface area contributed by atoms with Crippen molar-refractivity contribution in [2.45, 2.75) is 18.2 Å². The van der Waals surface area contributed by atoms with Crippen LogP contribution in [0.2, 0.25) is 0 Å². The maximum atomic E-state index is 12.7. The highest BCUT2D eigenvalue weighted by atomic mass is 79.9. The molecule has 2 unspecified atom stereocenters. The molecule has 4 nitrogen and oxygen atoms in total. The zero-order valence-electron chi connectivity index (χ0n) is 12.1. The monoisotopic (exact) mass is 341 g/mol. The first-order valence-corrected chi connectivity index (χ1v) is 7.64. The quantitative estimate of drug-likeness (QED) is 0.793. The van der Waals surface area contributed by atoms with E-state index in [0.29, 0.717) is 27.8 Å². The number of carbonyl (C=O) groups is 1. The number of alkyl halides is 1. The molecule has 20 heavy (non-hydrogen) atoms. The Morgan fingerprint density at radius 2 is 2.10 bits per heavy atom. The fraction of sp³-hybridized carbons (Fsp3) is 0.533. The second-order valence-electron chi connectivity index (χ2n) is 5.07. The Balaban J connectivity index is 2.25. The lowest BCUT2D eigenvalue weighted by Crippen LogP contribution is -2.43. The summed E-state index contributed by atoms with van der Waals surface area (Å²) in [5.41, 5.74) is 0.562. The highest BCUT2D eigenvalue weighted by molar-refractivity contribution is 9.09. The van der Waals surface area contributed by atoms with E-state index in [1.165, 1.54) is 0 Å². The van der Waals surface area contributed by atoms with E-state index in [1.807, 2.05) is 11.0 Å². The van der Waals surface area contributed by atoms with Crippen LogP contribution < -0.4 is 9.47 Å². The molecule has 1 aliphatic rings. The molecular formula is C15H20BrNO3. The van der Waals surface area contributed by atoms with Crippen molar-refractivity contribution in [3.63, 3.8) is 0 Å². The summed E-state index contributed by atoms with van der Waals surface area (Å²) in [5, 5.41) is 0. The molecule has 1 saturated heterocycles. The maximum Gasteiger partial charge on any atom is 0.257 e. The van der Waals surface area contributed by atoms with E-state index < -0.39 is 0 Å². The van der Waals surface area contributed by atoms with Gasteiger partial charge in [0.05, 0.1) is 19.8 Å². The molecule has 1 aromatic rings. The van der Waals surface area contributed by atoms with Crippen LogP contribution in [0.25, 0.3) is 0 Å². The van der Waals surface area contributed by atoms with E-state index in [4.69, 9.17) is 9.47 Å². The molecule has 2 rings (SSSR count). The van der Waals surface area contributed by atoms with Gasteiger partial charge in [0.2, 0.25) is 0 Å². The largest absolute Gasteiger partial charge is 0.493 e. The fourth-order valence-corrected chi connectivity index (χ4v) is 2.90. The standard InChI is InChI=1S/C15H20BrNO3/c1-10-9-17(8-7-12(10)16)15(18)11-5-4-6-13(19-2)14(11)20-3/h4-6,10,12H,7-9H2,1-3H3. The molecule has 1 fully saturated rings. The summed E-state index contributed by atoms with van der Waals surface area (Å²) >= 11 is 3.65. The van der Waals surface area contributed by atoms with Crippen LogP contribution >= 0.6 is 15.9 Å².